The van der Waals surface area contributed by atoms with Gasteiger partial charge >= 0.3 is 229 Å². The molecule has 4 heterocycles. The third-order valence-electron chi connectivity index (χ3n) is 6.64. The van der Waals surface area contributed by atoms with Crippen molar-refractivity contribution in [1.29, 1.82) is 0 Å². The summed E-state index contributed by atoms with van der Waals surface area (Å²) in [6, 6.07) is -0.252. The number of aliphatic hydroxyl groups is 6. The quantitative estimate of drug-likeness (QED) is 0.122. The molecule has 41 heavy (non-hydrogen) atoms. The first-order valence-corrected chi connectivity index (χ1v) is 14.0. The normalized spacial score (nSPS) is 38.5. The second-order valence-electron chi connectivity index (χ2n) is 9.73. The van der Waals surface area contributed by atoms with Gasteiger partial charge in [0.1, 0.15) is 0 Å². The maximum atomic E-state index is 12.9. The Kier molecular flexibility index (Phi) is 8.46. The summed E-state index contributed by atoms with van der Waals surface area (Å²) < 4.78 is 26.4. The van der Waals surface area contributed by atoms with Gasteiger partial charge in [0.05, 0.1) is 0 Å². The summed E-state index contributed by atoms with van der Waals surface area (Å²) in [5.74, 6) is -5.32. The zero-order valence-corrected chi connectivity index (χ0v) is 22.1. The number of rotatable bonds is 8. The molecule has 1 aromatic heterocycles. The van der Waals surface area contributed by atoms with E-state index in [1.807, 2.05) is 0 Å². The average Bonchev–Trinajstić information content (AvgIpc) is 3.27. The Morgan fingerprint density at radius 2 is 1.98 bits per heavy atom. The van der Waals surface area contributed by atoms with E-state index in [-0.39, 0.29) is 5.82 Å². The molecule has 20 nitrogen and oxygen atoms in total. The SMILES string of the molecule is CC(=O)N[C@@H]1[C@@H](O)C[C@@]2(O[C@H]1C(O)[C@H](O)CO)OP(O)(O)(OC[C@H]1O[C@@H](n3ccc(N)nc3=O)[C@H](O)[C@@H]1O)OC2=O. The monoisotopic (exact) mass is 614 g/mol. The van der Waals surface area contributed by atoms with Gasteiger partial charge in [-0.3, -0.25) is 0 Å². The molecule has 11 N–H and O–H groups in total. The molecule has 1 amide bonds. The van der Waals surface area contributed by atoms with E-state index in [1.54, 1.807) is 0 Å². The first-order valence-electron chi connectivity index (χ1n) is 12.1. The zero-order chi connectivity index (χ0) is 30.5. The number of amides is 1. The molecule has 3 saturated heterocycles. The number of nitrogens with zero attached hydrogens (tertiary/aromatic N) is 2. The number of aromatic nitrogens is 2. The number of ether oxygens (including phenoxy) is 2. The summed E-state index contributed by atoms with van der Waals surface area (Å²) in [5, 5.41) is 63.3. The summed E-state index contributed by atoms with van der Waals surface area (Å²) in [6.07, 6.45) is -13.9. The van der Waals surface area contributed by atoms with Gasteiger partial charge in [-0.2, -0.15) is 0 Å². The molecule has 10 atom stereocenters. The van der Waals surface area contributed by atoms with Crippen LogP contribution in [-0.4, -0.2) is 130 Å². The van der Waals surface area contributed by atoms with Gasteiger partial charge in [-0.25, -0.2) is 0 Å². The van der Waals surface area contributed by atoms with E-state index in [0.717, 1.165) is 17.7 Å². The fourth-order valence-electron chi connectivity index (χ4n) is 4.66. The molecule has 0 bridgehead atoms. The first kappa shape index (κ1) is 31.5. The van der Waals surface area contributed by atoms with Crippen molar-refractivity contribution in [2.75, 3.05) is 18.9 Å². The second kappa shape index (κ2) is 11.0. The Labute approximate surface area is 229 Å². The van der Waals surface area contributed by atoms with Crippen molar-refractivity contribution in [3.63, 3.8) is 0 Å². The number of carbonyl (C=O) groups is 2. The number of carbonyl (C=O) groups excluding carboxylic acids is 2. The number of nitrogens with two attached hydrogens (primary N) is 1. The van der Waals surface area contributed by atoms with E-state index >= 15 is 0 Å². The standard InChI is InChI=1S/C20H31N4O16P/c1-7(26)22-12-8(27)4-20(38-16(12)13(29)9(28)5-25)18(32)39-41(34,35,40-20)36-6-10-14(30)15(31)17(37-10)24-3-2-11(21)23-19(24)33/h2-3,8-10,12-17,25,27-31,34-35H,4-6H2,1H3,(H,22,26)(H2,21,23,33)/t8-,9+,10+,12+,13?,14+,15+,16+,17+,20+/m0/s1. The van der Waals surface area contributed by atoms with Crippen molar-refractivity contribution in [2.45, 2.75) is 74.1 Å². The summed E-state index contributed by atoms with van der Waals surface area (Å²) in [4.78, 5) is 61.8. The van der Waals surface area contributed by atoms with Crippen LogP contribution in [0.1, 0.15) is 19.6 Å². The van der Waals surface area contributed by atoms with Crippen molar-refractivity contribution in [1.82, 2.24) is 14.9 Å². The minimum atomic E-state index is -6.47. The summed E-state index contributed by atoms with van der Waals surface area (Å²) in [7, 11) is -6.47. The molecule has 1 aromatic rings. The summed E-state index contributed by atoms with van der Waals surface area (Å²) >= 11 is 0. The van der Waals surface area contributed by atoms with Crippen molar-refractivity contribution >= 4 is 25.4 Å². The van der Waals surface area contributed by atoms with Gasteiger partial charge < -0.3 is 0 Å². The molecule has 1 unspecified atom stereocenters. The van der Waals surface area contributed by atoms with E-state index in [2.05, 4.69) is 14.8 Å². The zero-order valence-electron chi connectivity index (χ0n) is 21.2. The molecule has 3 aliphatic rings. The van der Waals surface area contributed by atoms with Crippen LogP contribution in [0.3, 0.4) is 0 Å². The molecule has 4 rings (SSSR count). The number of nitrogen functional groups attached to an aromatic ring is 1. The van der Waals surface area contributed by atoms with Crippen LogP contribution in [0.2, 0.25) is 0 Å². The average molecular weight is 614 g/mol. The predicted octanol–water partition coefficient (Wildman–Crippen LogP) is -5.79. The van der Waals surface area contributed by atoms with Crippen LogP contribution in [0.15, 0.2) is 17.1 Å². The van der Waals surface area contributed by atoms with E-state index in [9.17, 15) is 54.8 Å². The predicted molar refractivity (Wildman–Crippen MR) is 128 cm³/mol. The van der Waals surface area contributed by atoms with Crippen LogP contribution in [0.25, 0.3) is 0 Å². The van der Waals surface area contributed by atoms with Gasteiger partial charge in [-0.1, -0.05) is 0 Å². The van der Waals surface area contributed by atoms with Crippen molar-refractivity contribution in [3.05, 3.63) is 22.7 Å². The van der Waals surface area contributed by atoms with Crippen molar-refractivity contribution in [2.24, 2.45) is 0 Å². The van der Waals surface area contributed by atoms with E-state index in [4.69, 9.17) is 24.3 Å². The Morgan fingerprint density at radius 3 is 2.59 bits per heavy atom. The Hall–Kier alpha value is -2.43. The molecule has 0 aromatic carbocycles. The fourth-order valence-corrected chi connectivity index (χ4v) is 6.33. The molecule has 3 fully saturated rings. The van der Waals surface area contributed by atoms with Crippen LogP contribution in [0.5, 0.6) is 0 Å². The van der Waals surface area contributed by atoms with E-state index in [1.165, 1.54) is 6.07 Å². The number of hydrogen-bond acceptors (Lipinski definition) is 18. The molecule has 0 saturated carbocycles. The van der Waals surface area contributed by atoms with Crippen LogP contribution >= 0.6 is 7.74 Å². The van der Waals surface area contributed by atoms with Gasteiger partial charge in [0.15, 0.2) is 0 Å². The molecular formula is C20H31N4O16P. The molecule has 3 aliphatic heterocycles. The Balaban J connectivity index is 1.53. The van der Waals surface area contributed by atoms with Gasteiger partial charge in [0.2, 0.25) is 0 Å². The minimum absolute atomic E-state index is 0.123. The molecule has 0 radical (unpaired) electrons. The summed E-state index contributed by atoms with van der Waals surface area (Å²) in [6.45, 7) is -0.946. The number of hydrogen-bond donors (Lipinski definition) is 10. The Morgan fingerprint density at radius 1 is 1.29 bits per heavy atom. The van der Waals surface area contributed by atoms with E-state index in [0.29, 0.717) is 0 Å². The van der Waals surface area contributed by atoms with Gasteiger partial charge in [-0.05, 0) is 0 Å². The molecule has 232 valence electrons. The van der Waals surface area contributed by atoms with Crippen LogP contribution < -0.4 is 16.7 Å². The van der Waals surface area contributed by atoms with E-state index < -0.39 is 106 Å². The van der Waals surface area contributed by atoms with Gasteiger partial charge in [0.25, 0.3) is 0 Å². The second-order valence-corrected chi connectivity index (χ2v) is 12.0. The number of aliphatic hydroxyl groups excluding tert-OH is 6. The number of anilines is 1. The van der Waals surface area contributed by atoms with Crippen molar-refractivity contribution < 1.29 is 73.1 Å². The van der Waals surface area contributed by atoms with Crippen molar-refractivity contribution in [3.8, 4) is 0 Å². The third-order valence-corrected chi connectivity index (χ3v) is 8.31. The fraction of sp³-hybridized carbons (Fsp3) is 0.700. The molecule has 21 heteroatoms. The molecule has 1 spiro atoms. The van der Waals surface area contributed by atoms with Crippen LogP contribution in [0, 0.1) is 0 Å². The maximum absolute atomic E-state index is 12.9. The molecule has 0 aliphatic carbocycles. The first-order chi connectivity index (χ1) is 19.0. The Bertz CT molecular complexity index is 1230. The van der Waals surface area contributed by atoms with Crippen LogP contribution in [0.4, 0.5) is 5.82 Å². The topological polar surface area (TPSA) is 315 Å². The van der Waals surface area contributed by atoms with Gasteiger partial charge in [0, 0.05) is 0 Å². The van der Waals surface area contributed by atoms with Gasteiger partial charge in [-0.15, -0.1) is 0 Å². The third kappa shape index (κ3) is 6.06. The number of nitrogens with one attached hydrogen (secondary N) is 1. The molecular weight excluding hydrogens is 583 g/mol. The van der Waals surface area contributed by atoms with Crippen LogP contribution in [-0.2, 0) is 32.6 Å². The summed E-state index contributed by atoms with van der Waals surface area (Å²) in [5.41, 5.74) is 4.50.